The molecule has 5 rings (SSSR count). The van der Waals surface area contributed by atoms with Gasteiger partial charge in [-0.1, -0.05) is 40.9 Å². The van der Waals surface area contributed by atoms with Crippen LogP contribution in [0.4, 0.5) is 30.5 Å². The van der Waals surface area contributed by atoms with Crippen molar-refractivity contribution in [1.29, 1.82) is 0 Å². The van der Waals surface area contributed by atoms with Crippen LogP contribution < -0.4 is 20.9 Å². The van der Waals surface area contributed by atoms with E-state index in [1.807, 2.05) is 17.7 Å². The molecular weight excluding hydrogens is 548 g/mol. The highest BCUT2D eigenvalue weighted by Gasteiger charge is 2.42. The Morgan fingerprint density at radius 2 is 1.92 bits per heavy atom. The molecule has 3 heterocycles. The summed E-state index contributed by atoms with van der Waals surface area (Å²) in [6, 6.07) is 7.66. The van der Waals surface area contributed by atoms with Gasteiger partial charge in [0.15, 0.2) is 0 Å². The first kappa shape index (κ1) is 26.7. The minimum Gasteiger partial charge on any atom is -0.370 e. The van der Waals surface area contributed by atoms with Gasteiger partial charge < -0.3 is 25.4 Å². The van der Waals surface area contributed by atoms with Crippen LogP contribution in [0, 0.1) is 5.92 Å². The van der Waals surface area contributed by atoms with Gasteiger partial charge >= 0.3 is 6.18 Å². The van der Waals surface area contributed by atoms with Crippen LogP contribution in [-0.4, -0.2) is 47.9 Å². The zero-order valence-corrected chi connectivity index (χ0v) is 22.5. The predicted molar refractivity (Wildman–Crippen MR) is 145 cm³/mol. The number of benzene rings is 2. The van der Waals surface area contributed by atoms with Crippen LogP contribution in [0.1, 0.15) is 24.8 Å². The molecule has 2 aromatic carbocycles. The zero-order valence-electron chi connectivity index (χ0n) is 20.2. The lowest BCUT2D eigenvalue weighted by molar-refractivity contribution is -0.175. The lowest BCUT2D eigenvalue weighted by atomic mass is 9.97. The van der Waals surface area contributed by atoms with E-state index in [1.54, 1.807) is 23.1 Å². The van der Waals surface area contributed by atoms with Gasteiger partial charge in [-0.2, -0.15) is 13.2 Å². The highest BCUT2D eigenvalue weighted by molar-refractivity contribution is 6.39. The second-order valence-corrected chi connectivity index (χ2v) is 10.9. The molecule has 2 aliphatic rings. The quantitative estimate of drug-likeness (QED) is 0.300. The number of rotatable bonds is 7. The lowest BCUT2D eigenvalue weighted by Crippen LogP contribution is -2.48. The van der Waals surface area contributed by atoms with Gasteiger partial charge in [0.05, 0.1) is 43.4 Å². The number of fused-ring (bicyclic) bond motifs is 1. The average molecular weight is 576 g/mol. The zero-order chi connectivity index (χ0) is 26.3. The molecule has 2 aliphatic heterocycles. The third kappa shape index (κ3) is 5.61. The molecule has 0 saturated carbocycles. The van der Waals surface area contributed by atoms with Crippen molar-refractivity contribution in [2.24, 2.45) is 13.0 Å². The third-order valence-electron chi connectivity index (χ3n) is 7.21. The van der Waals surface area contributed by atoms with E-state index in [-0.39, 0.29) is 13.0 Å². The molecule has 0 bridgehead atoms. The van der Waals surface area contributed by atoms with Crippen molar-refractivity contribution < 1.29 is 13.2 Å². The smallest absolute Gasteiger partial charge is 0.370 e. The fraction of sp³-hybridized carbons (Fsp3) is 0.480. The summed E-state index contributed by atoms with van der Waals surface area (Å²) in [6.07, 6.45) is -2.48. The van der Waals surface area contributed by atoms with E-state index in [9.17, 15) is 13.2 Å². The van der Waals surface area contributed by atoms with Gasteiger partial charge in [0.2, 0.25) is 5.95 Å². The molecule has 37 heavy (non-hydrogen) atoms. The van der Waals surface area contributed by atoms with Crippen molar-refractivity contribution in [3.05, 3.63) is 44.9 Å². The van der Waals surface area contributed by atoms with Crippen molar-refractivity contribution in [3.8, 4) is 0 Å². The van der Waals surface area contributed by atoms with Gasteiger partial charge in [-0.25, -0.2) is 4.98 Å². The molecule has 2 saturated heterocycles. The number of nitrogens with zero attached hydrogens (tertiary/aromatic N) is 3. The summed E-state index contributed by atoms with van der Waals surface area (Å²) in [5.41, 5.74) is 3.36. The Balaban J connectivity index is 1.39. The maximum absolute atomic E-state index is 13.4. The second-order valence-electron chi connectivity index (χ2n) is 9.70. The highest BCUT2D eigenvalue weighted by Crippen LogP contribution is 2.40. The molecule has 2 atom stereocenters. The first-order valence-electron chi connectivity index (χ1n) is 12.3. The number of aryl methyl sites for hydroxylation is 1. The Bertz CT molecular complexity index is 1290. The minimum absolute atomic E-state index is 0.111. The molecule has 0 radical (unpaired) electrons. The maximum Gasteiger partial charge on any atom is 0.393 e. The fourth-order valence-corrected chi connectivity index (χ4v) is 5.69. The number of halogens is 6. The first-order valence-corrected chi connectivity index (χ1v) is 13.4. The van der Waals surface area contributed by atoms with Gasteiger partial charge in [-0.15, -0.1) is 0 Å². The Morgan fingerprint density at radius 3 is 2.62 bits per heavy atom. The summed E-state index contributed by atoms with van der Waals surface area (Å²) in [6.45, 7) is 2.92. The SMILES string of the molecule is Cn1c(Nc2c(Cl)ccc(CNCC3CCN3)c2Cl)nc2cc(Cl)c(N3CCCC(C(F)(F)F)C3)cc21. The van der Waals surface area contributed by atoms with Gasteiger partial charge in [0.25, 0.3) is 0 Å². The van der Waals surface area contributed by atoms with Crippen LogP contribution in [0.3, 0.4) is 0 Å². The standard InChI is InChI=1S/C25H28Cl3F3N6/c1-36-21-10-20(37-8-2-3-15(13-37)25(29,30)31)18(27)9-19(21)34-24(36)35-23-17(26)5-4-14(22(23)28)11-32-12-16-6-7-33-16/h4-5,9-10,15-16,32-33H,2-3,6-8,11-13H2,1H3,(H,34,35). The van der Waals surface area contributed by atoms with E-state index in [0.717, 1.165) is 30.6 Å². The van der Waals surface area contributed by atoms with Gasteiger partial charge in [0.1, 0.15) is 0 Å². The van der Waals surface area contributed by atoms with Crippen LogP contribution in [0.2, 0.25) is 15.1 Å². The minimum atomic E-state index is -4.23. The lowest BCUT2D eigenvalue weighted by Gasteiger charge is -2.35. The van der Waals surface area contributed by atoms with Crippen molar-refractivity contribution in [2.75, 3.05) is 36.4 Å². The Labute approximate surface area is 228 Å². The van der Waals surface area contributed by atoms with Crippen molar-refractivity contribution >= 4 is 63.2 Å². The monoisotopic (exact) mass is 574 g/mol. The maximum atomic E-state index is 13.4. The summed E-state index contributed by atoms with van der Waals surface area (Å²) in [5.74, 6) is -0.879. The summed E-state index contributed by atoms with van der Waals surface area (Å²) < 4.78 is 41.9. The predicted octanol–water partition coefficient (Wildman–Crippen LogP) is 6.51. The third-order valence-corrected chi connectivity index (χ3v) is 8.26. The Kier molecular flexibility index (Phi) is 7.71. The molecule has 12 heteroatoms. The number of piperidine rings is 1. The van der Waals surface area contributed by atoms with Crippen molar-refractivity contribution in [1.82, 2.24) is 20.2 Å². The summed E-state index contributed by atoms with van der Waals surface area (Å²) in [7, 11) is 1.82. The van der Waals surface area contributed by atoms with E-state index in [4.69, 9.17) is 34.8 Å². The van der Waals surface area contributed by atoms with Gasteiger partial charge in [-0.3, -0.25) is 0 Å². The normalized spacial score (nSPS) is 20.4. The first-order chi connectivity index (χ1) is 17.6. The van der Waals surface area contributed by atoms with Crippen molar-refractivity contribution in [2.45, 2.75) is 38.0 Å². The Morgan fingerprint density at radius 1 is 1.14 bits per heavy atom. The fourth-order valence-electron chi connectivity index (χ4n) is 4.88. The second kappa shape index (κ2) is 10.7. The summed E-state index contributed by atoms with van der Waals surface area (Å²) >= 11 is 19.7. The number of nitrogens with one attached hydrogen (secondary N) is 3. The van der Waals surface area contributed by atoms with Crippen LogP contribution in [0.25, 0.3) is 11.0 Å². The number of hydrogen-bond acceptors (Lipinski definition) is 5. The van der Waals surface area contributed by atoms with Gasteiger partial charge in [0, 0.05) is 39.3 Å². The number of anilines is 3. The van der Waals surface area contributed by atoms with E-state index >= 15 is 0 Å². The van der Waals surface area contributed by atoms with E-state index in [1.165, 1.54) is 0 Å². The highest BCUT2D eigenvalue weighted by atomic mass is 35.5. The average Bonchev–Trinajstić information content (AvgIpc) is 3.12. The molecule has 2 unspecified atom stereocenters. The molecule has 3 N–H and O–H groups in total. The van der Waals surface area contributed by atoms with Crippen LogP contribution in [-0.2, 0) is 13.6 Å². The number of hydrogen-bond donors (Lipinski definition) is 3. The van der Waals surface area contributed by atoms with Crippen LogP contribution in [0.15, 0.2) is 24.3 Å². The van der Waals surface area contributed by atoms with E-state index in [0.29, 0.717) is 63.5 Å². The molecule has 0 spiro atoms. The molecule has 1 aromatic heterocycles. The molecule has 200 valence electrons. The summed E-state index contributed by atoms with van der Waals surface area (Å²) in [5, 5.41) is 11.3. The molecule has 0 aliphatic carbocycles. The van der Waals surface area contributed by atoms with Crippen molar-refractivity contribution in [3.63, 3.8) is 0 Å². The van der Waals surface area contributed by atoms with E-state index in [2.05, 4.69) is 20.9 Å². The van der Waals surface area contributed by atoms with Crippen LogP contribution in [0.5, 0.6) is 0 Å². The topological polar surface area (TPSA) is 57.2 Å². The van der Waals surface area contributed by atoms with Crippen LogP contribution >= 0.6 is 34.8 Å². The molecular formula is C25H28Cl3F3N6. The number of aromatic nitrogens is 2. The number of imidazole rings is 1. The summed E-state index contributed by atoms with van der Waals surface area (Å²) in [4.78, 5) is 6.37. The number of alkyl halides is 3. The largest absolute Gasteiger partial charge is 0.393 e. The molecule has 0 amide bonds. The van der Waals surface area contributed by atoms with Gasteiger partial charge in [-0.05, 0) is 49.6 Å². The molecule has 6 nitrogen and oxygen atoms in total. The Hall–Kier alpha value is -1.91. The molecule has 3 aromatic rings. The molecule has 2 fully saturated rings. The van der Waals surface area contributed by atoms with E-state index < -0.39 is 12.1 Å².